The molecule has 3 aromatic heterocycles. The maximum atomic E-state index is 14.0. The molecule has 1 aliphatic rings. The third-order valence-corrected chi connectivity index (χ3v) is 8.96. The van der Waals surface area contributed by atoms with E-state index in [0.29, 0.717) is 24.5 Å². The molecular weight excluding hydrogens is 546 g/mol. The Bertz CT molecular complexity index is 1720. The molecular formula is C34H33N3O4S. The van der Waals surface area contributed by atoms with Crippen molar-refractivity contribution in [3.05, 3.63) is 101 Å². The smallest absolute Gasteiger partial charge is 0.309 e. The van der Waals surface area contributed by atoms with Crippen LogP contribution < -0.4 is 4.74 Å². The third kappa shape index (κ3) is 5.59. The normalized spacial score (nSPS) is 13.7. The number of fused-ring (bicyclic) bond motifs is 1. The van der Waals surface area contributed by atoms with Gasteiger partial charge in [0.05, 0.1) is 11.1 Å². The summed E-state index contributed by atoms with van der Waals surface area (Å²) in [6.45, 7) is 4.26. The monoisotopic (exact) mass is 579 g/mol. The molecule has 0 atom stereocenters. The molecule has 214 valence electrons. The predicted molar refractivity (Wildman–Crippen MR) is 164 cm³/mol. The van der Waals surface area contributed by atoms with Crippen LogP contribution in [0.4, 0.5) is 0 Å². The average Bonchev–Trinajstić information content (AvgIpc) is 3.59. The van der Waals surface area contributed by atoms with Gasteiger partial charge in [0.15, 0.2) is 5.78 Å². The largest absolute Gasteiger partial charge is 0.487 e. The lowest BCUT2D eigenvalue weighted by Crippen LogP contribution is -2.29. The Morgan fingerprint density at radius 3 is 2.50 bits per heavy atom. The number of carboxylic acid groups (broad SMARTS) is 1. The maximum absolute atomic E-state index is 14.0. The van der Waals surface area contributed by atoms with Gasteiger partial charge in [-0.05, 0) is 62.6 Å². The molecule has 1 saturated carbocycles. The Morgan fingerprint density at radius 1 is 1.05 bits per heavy atom. The van der Waals surface area contributed by atoms with E-state index in [4.69, 9.17) is 4.74 Å². The van der Waals surface area contributed by atoms with E-state index in [0.717, 1.165) is 57.7 Å². The standard InChI is InChI=1S/C34H33N3O4S/c1-34(2,33(39)40)19-29-30(31(38)23-6-5-7-23)27-18-26(41-21-25-8-3-4-15-35-25)13-14-28(27)37(29)20-22-9-11-24(12-10-22)32-36-16-17-42-32/h3-4,8-18,23H,5-7,19-21H2,1-2H3,(H,39,40). The molecule has 7 nitrogen and oxygen atoms in total. The van der Waals surface area contributed by atoms with Crippen LogP contribution in [0.3, 0.4) is 0 Å². The van der Waals surface area contributed by atoms with Crippen molar-refractivity contribution in [2.24, 2.45) is 11.3 Å². The molecule has 1 aliphatic carbocycles. The van der Waals surface area contributed by atoms with E-state index in [1.54, 1.807) is 37.6 Å². The molecule has 1 fully saturated rings. The number of ketones is 1. The van der Waals surface area contributed by atoms with Crippen molar-refractivity contribution < 1.29 is 19.4 Å². The summed E-state index contributed by atoms with van der Waals surface area (Å²) in [6, 6.07) is 19.8. The molecule has 3 heterocycles. The van der Waals surface area contributed by atoms with E-state index in [1.165, 1.54) is 0 Å². The number of hydrogen-bond donors (Lipinski definition) is 1. The molecule has 0 amide bonds. The van der Waals surface area contributed by atoms with Crippen LogP contribution in [-0.2, 0) is 24.4 Å². The molecule has 0 aliphatic heterocycles. The average molecular weight is 580 g/mol. The summed E-state index contributed by atoms with van der Waals surface area (Å²) in [5, 5.41) is 13.8. The molecule has 1 N–H and O–H groups in total. The third-order valence-electron chi connectivity index (χ3n) is 8.14. The second-order valence-corrected chi connectivity index (χ2v) is 12.5. The summed E-state index contributed by atoms with van der Waals surface area (Å²) in [5.74, 6) is -0.188. The summed E-state index contributed by atoms with van der Waals surface area (Å²) < 4.78 is 8.24. The molecule has 8 heteroatoms. The summed E-state index contributed by atoms with van der Waals surface area (Å²) >= 11 is 1.59. The quantitative estimate of drug-likeness (QED) is 0.164. The second-order valence-electron chi connectivity index (χ2n) is 11.6. The number of carbonyl (C=O) groups excluding carboxylic acids is 1. The number of aromatic nitrogens is 3. The Balaban J connectivity index is 1.45. The van der Waals surface area contributed by atoms with Crippen molar-refractivity contribution in [1.29, 1.82) is 0 Å². The zero-order chi connectivity index (χ0) is 29.3. The van der Waals surface area contributed by atoms with Crippen LogP contribution in [0.2, 0.25) is 0 Å². The van der Waals surface area contributed by atoms with Crippen molar-refractivity contribution in [2.45, 2.75) is 52.7 Å². The van der Waals surface area contributed by atoms with Crippen LogP contribution in [0.5, 0.6) is 5.75 Å². The summed E-state index contributed by atoms with van der Waals surface area (Å²) in [7, 11) is 0. The Kier molecular flexibility index (Phi) is 7.64. The van der Waals surface area contributed by atoms with Gasteiger partial charge in [0.2, 0.25) is 0 Å². The van der Waals surface area contributed by atoms with Gasteiger partial charge in [-0.15, -0.1) is 11.3 Å². The number of hydrogen-bond acceptors (Lipinski definition) is 6. The van der Waals surface area contributed by atoms with E-state index in [9.17, 15) is 14.7 Å². The van der Waals surface area contributed by atoms with Crippen molar-refractivity contribution in [1.82, 2.24) is 14.5 Å². The van der Waals surface area contributed by atoms with Gasteiger partial charge in [0, 0.05) is 64.4 Å². The van der Waals surface area contributed by atoms with Crippen LogP contribution in [0.25, 0.3) is 21.5 Å². The lowest BCUT2D eigenvalue weighted by Gasteiger charge is -2.26. The number of carboxylic acids is 1. The molecule has 0 unspecified atom stereocenters. The molecule has 0 spiro atoms. The number of Topliss-reactive ketones (excluding diaryl/α,β-unsaturated/α-hetero) is 1. The molecule has 42 heavy (non-hydrogen) atoms. The molecule has 0 radical (unpaired) electrons. The number of benzene rings is 2. The first-order valence-corrected chi connectivity index (χ1v) is 15.1. The number of rotatable bonds is 11. The fraction of sp³-hybridized carbons (Fsp3) is 0.294. The van der Waals surface area contributed by atoms with Gasteiger partial charge in [-0.2, -0.15) is 0 Å². The second kappa shape index (κ2) is 11.5. The predicted octanol–water partition coefficient (Wildman–Crippen LogP) is 7.42. The number of pyridine rings is 1. The SMILES string of the molecule is CC(C)(Cc1c(C(=O)C2CCC2)c2cc(OCc3ccccn3)ccc2n1Cc1ccc(-c2nccs2)cc1)C(=O)O. The zero-order valence-electron chi connectivity index (χ0n) is 23.7. The minimum Gasteiger partial charge on any atom is -0.487 e. The van der Waals surface area contributed by atoms with Crippen molar-refractivity contribution >= 4 is 34.0 Å². The number of carbonyl (C=O) groups is 2. The van der Waals surface area contributed by atoms with Crippen molar-refractivity contribution in [3.8, 4) is 16.3 Å². The number of nitrogens with zero attached hydrogens (tertiary/aromatic N) is 3. The first-order chi connectivity index (χ1) is 20.3. The van der Waals surface area contributed by atoms with Gasteiger partial charge in [-0.3, -0.25) is 14.6 Å². The van der Waals surface area contributed by atoms with E-state index >= 15 is 0 Å². The van der Waals surface area contributed by atoms with Crippen LogP contribution in [0.15, 0.2) is 78.4 Å². The fourth-order valence-electron chi connectivity index (χ4n) is 5.43. The van der Waals surface area contributed by atoms with E-state index in [1.807, 2.05) is 41.8 Å². The van der Waals surface area contributed by atoms with Crippen molar-refractivity contribution in [2.75, 3.05) is 0 Å². The molecule has 6 rings (SSSR count). The van der Waals surface area contributed by atoms with Gasteiger partial charge in [-0.25, -0.2) is 4.98 Å². The van der Waals surface area contributed by atoms with Crippen LogP contribution >= 0.6 is 11.3 Å². The first kappa shape index (κ1) is 27.8. The lowest BCUT2D eigenvalue weighted by atomic mass is 9.78. The van der Waals surface area contributed by atoms with Gasteiger partial charge in [-0.1, -0.05) is 36.8 Å². The van der Waals surface area contributed by atoms with Crippen LogP contribution in [-0.4, -0.2) is 31.4 Å². The summed E-state index contributed by atoms with van der Waals surface area (Å²) in [5.41, 5.74) is 4.14. The summed E-state index contributed by atoms with van der Waals surface area (Å²) in [4.78, 5) is 35.1. The highest BCUT2D eigenvalue weighted by Crippen LogP contribution is 2.39. The van der Waals surface area contributed by atoms with Gasteiger partial charge in [0.1, 0.15) is 17.4 Å². The Labute approximate surface area is 248 Å². The molecule has 0 bridgehead atoms. The number of aliphatic carboxylic acids is 1. The summed E-state index contributed by atoms with van der Waals surface area (Å²) in [6.07, 6.45) is 6.52. The molecule has 2 aromatic carbocycles. The van der Waals surface area contributed by atoms with E-state index in [2.05, 4.69) is 38.8 Å². The topological polar surface area (TPSA) is 94.3 Å². The van der Waals surface area contributed by atoms with E-state index < -0.39 is 11.4 Å². The molecule has 5 aromatic rings. The highest BCUT2D eigenvalue weighted by atomic mass is 32.1. The first-order valence-electron chi connectivity index (χ1n) is 14.2. The van der Waals surface area contributed by atoms with Gasteiger partial charge in [0.25, 0.3) is 0 Å². The van der Waals surface area contributed by atoms with Gasteiger partial charge >= 0.3 is 5.97 Å². The Hall–Kier alpha value is -4.30. The lowest BCUT2D eigenvalue weighted by molar-refractivity contribution is -0.146. The van der Waals surface area contributed by atoms with Crippen LogP contribution in [0.1, 0.15) is 60.4 Å². The zero-order valence-corrected chi connectivity index (χ0v) is 24.6. The van der Waals surface area contributed by atoms with Crippen molar-refractivity contribution in [3.63, 3.8) is 0 Å². The molecule has 0 saturated heterocycles. The minimum atomic E-state index is -1.06. The minimum absolute atomic E-state index is 0.0357. The highest BCUT2D eigenvalue weighted by molar-refractivity contribution is 7.13. The number of ether oxygens (including phenoxy) is 1. The fourth-order valence-corrected chi connectivity index (χ4v) is 6.07. The maximum Gasteiger partial charge on any atom is 0.309 e. The highest BCUT2D eigenvalue weighted by Gasteiger charge is 2.36. The Morgan fingerprint density at radius 2 is 1.86 bits per heavy atom. The van der Waals surface area contributed by atoms with E-state index in [-0.39, 0.29) is 18.1 Å². The van der Waals surface area contributed by atoms with Crippen LogP contribution in [0, 0.1) is 11.3 Å². The van der Waals surface area contributed by atoms with Gasteiger partial charge < -0.3 is 14.4 Å². The number of thiazole rings is 1.